The van der Waals surface area contributed by atoms with Crippen LogP contribution in [0.3, 0.4) is 0 Å². The molecule has 0 spiro atoms. The van der Waals surface area contributed by atoms with Gasteiger partial charge in [0.25, 0.3) is 0 Å². The summed E-state index contributed by atoms with van der Waals surface area (Å²) in [6.07, 6.45) is 0.894. The van der Waals surface area contributed by atoms with E-state index in [-0.39, 0.29) is 17.6 Å². The van der Waals surface area contributed by atoms with Gasteiger partial charge in [0.2, 0.25) is 5.91 Å². The van der Waals surface area contributed by atoms with Crippen molar-refractivity contribution in [3.05, 3.63) is 29.8 Å². The Kier molecular flexibility index (Phi) is 4.99. The summed E-state index contributed by atoms with van der Waals surface area (Å²) in [5, 5.41) is 0. The van der Waals surface area contributed by atoms with Gasteiger partial charge in [-0.05, 0) is 37.6 Å². The minimum Gasteiger partial charge on any atom is -0.368 e. The molecule has 0 saturated carbocycles. The van der Waals surface area contributed by atoms with E-state index in [4.69, 9.17) is 0 Å². The zero-order valence-corrected chi connectivity index (χ0v) is 13.1. The molecular formula is C17H24N2O2. The van der Waals surface area contributed by atoms with Gasteiger partial charge >= 0.3 is 0 Å². The van der Waals surface area contributed by atoms with Gasteiger partial charge in [-0.3, -0.25) is 9.59 Å². The molecule has 114 valence electrons. The molecule has 1 heterocycles. The van der Waals surface area contributed by atoms with Crippen LogP contribution in [0.25, 0.3) is 0 Å². The van der Waals surface area contributed by atoms with Crippen LogP contribution in [-0.4, -0.2) is 42.8 Å². The van der Waals surface area contributed by atoms with Crippen LogP contribution >= 0.6 is 0 Å². The molecule has 0 bridgehead atoms. The summed E-state index contributed by atoms with van der Waals surface area (Å²) in [5.74, 6) is 0.473. The van der Waals surface area contributed by atoms with Crippen molar-refractivity contribution in [2.24, 2.45) is 5.92 Å². The van der Waals surface area contributed by atoms with Crippen LogP contribution in [0, 0.1) is 5.92 Å². The van der Waals surface area contributed by atoms with E-state index in [0.717, 1.165) is 43.9 Å². The van der Waals surface area contributed by atoms with Crippen molar-refractivity contribution in [3.63, 3.8) is 0 Å². The second-order valence-corrected chi connectivity index (χ2v) is 5.72. The molecule has 0 radical (unpaired) electrons. The number of benzene rings is 1. The first-order valence-electron chi connectivity index (χ1n) is 7.67. The number of nitrogens with zero attached hydrogens (tertiary/aromatic N) is 2. The van der Waals surface area contributed by atoms with E-state index in [9.17, 15) is 9.59 Å². The summed E-state index contributed by atoms with van der Waals surface area (Å²) in [7, 11) is 0. The lowest BCUT2D eigenvalue weighted by molar-refractivity contribution is -0.135. The van der Waals surface area contributed by atoms with Crippen LogP contribution in [0.5, 0.6) is 0 Å². The van der Waals surface area contributed by atoms with Crippen molar-refractivity contribution >= 4 is 17.4 Å². The highest BCUT2D eigenvalue weighted by molar-refractivity contribution is 5.94. The highest BCUT2D eigenvalue weighted by Crippen LogP contribution is 2.18. The second kappa shape index (κ2) is 6.74. The summed E-state index contributed by atoms with van der Waals surface area (Å²) >= 11 is 0. The molecule has 1 aliphatic heterocycles. The molecule has 1 aromatic rings. The molecule has 1 saturated heterocycles. The number of amides is 1. The van der Waals surface area contributed by atoms with E-state index in [0.29, 0.717) is 0 Å². The van der Waals surface area contributed by atoms with E-state index in [1.807, 2.05) is 36.1 Å². The Hall–Kier alpha value is -1.84. The first kappa shape index (κ1) is 15.5. The molecule has 1 aliphatic rings. The third-order valence-corrected chi connectivity index (χ3v) is 4.26. The van der Waals surface area contributed by atoms with Gasteiger partial charge in [-0.25, -0.2) is 0 Å². The molecule has 0 N–H and O–H groups in total. The normalized spacial score (nSPS) is 16.7. The van der Waals surface area contributed by atoms with E-state index in [1.165, 1.54) is 0 Å². The lowest BCUT2D eigenvalue weighted by Gasteiger charge is -2.37. The standard InChI is InChI=1S/C17H24N2O2/c1-4-13(2)17(21)19-11-9-18(10-12-19)16-7-5-15(6-8-16)14(3)20/h5-8,13H,4,9-12H2,1-3H3. The van der Waals surface area contributed by atoms with E-state index < -0.39 is 0 Å². The monoisotopic (exact) mass is 288 g/mol. The molecule has 1 fully saturated rings. The zero-order chi connectivity index (χ0) is 15.4. The highest BCUT2D eigenvalue weighted by Gasteiger charge is 2.24. The Bertz CT molecular complexity index is 502. The molecule has 0 aliphatic carbocycles. The van der Waals surface area contributed by atoms with Gasteiger partial charge in [-0.1, -0.05) is 13.8 Å². The Labute approximate surface area is 126 Å². The van der Waals surface area contributed by atoms with E-state index in [1.54, 1.807) is 6.92 Å². The van der Waals surface area contributed by atoms with Gasteiger partial charge in [-0.15, -0.1) is 0 Å². The average molecular weight is 288 g/mol. The van der Waals surface area contributed by atoms with Gasteiger partial charge in [0.05, 0.1) is 0 Å². The predicted molar refractivity (Wildman–Crippen MR) is 84.7 cm³/mol. The third kappa shape index (κ3) is 3.63. The number of carbonyl (C=O) groups is 2. The molecule has 2 rings (SSSR count). The Balaban J connectivity index is 1.94. The summed E-state index contributed by atoms with van der Waals surface area (Å²) in [6.45, 7) is 8.87. The lowest BCUT2D eigenvalue weighted by Crippen LogP contribution is -2.50. The fraction of sp³-hybridized carbons (Fsp3) is 0.529. The number of anilines is 1. The summed E-state index contributed by atoms with van der Waals surface area (Å²) in [4.78, 5) is 27.7. The van der Waals surface area contributed by atoms with Gasteiger partial charge < -0.3 is 9.80 Å². The fourth-order valence-electron chi connectivity index (χ4n) is 2.58. The molecular weight excluding hydrogens is 264 g/mol. The van der Waals surface area contributed by atoms with Crippen molar-refractivity contribution in [2.75, 3.05) is 31.1 Å². The number of piperazine rings is 1. The van der Waals surface area contributed by atoms with E-state index >= 15 is 0 Å². The molecule has 21 heavy (non-hydrogen) atoms. The number of rotatable bonds is 4. The maximum Gasteiger partial charge on any atom is 0.225 e. The quantitative estimate of drug-likeness (QED) is 0.800. The maximum absolute atomic E-state index is 12.2. The first-order valence-corrected chi connectivity index (χ1v) is 7.67. The molecule has 1 unspecified atom stereocenters. The summed E-state index contributed by atoms with van der Waals surface area (Å²) < 4.78 is 0. The van der Waals surface area contributed by atoms with Crippen molar-refractivity contribution in [1.29, 1.82) is 0 Å². The number of ketones is 1. The predicted octanol–water partition coefficient (Wildman–Crippen LogP) is 2.58. The van der Waals surface area contributed by atoms with Gasteiger partial charge in [-0.2, -0.15) is 0 Å². The Morgan fingerprint density at radius 3 is 2.14 bits per heavy atom. The largest absolute Gasteiger partial charge is 0.368 e. The van der Waals surface area contributed by atoms with Crippen molar-refractivity contribution in [1.82, 2.24) is 4.90 Å². The summed E-state index contributed by atoms with van der Waals surface area (Å²) in [5.41, 5.74) is 1.86. The molecule has 1 atom stereocenters. The molecule has 1 aromatic carbocycles. The average Bonchev–Trinajstić information content (AvgIpc) is 2.53. The number of hydrogen-bond acceptors (Lipinski definition) is 3. The zero-order valence-electron chi connectivity index (χ0n) is 13.1. The third-order valence-electron chi connectivity index (χ3n) is 4.26. The number of hydrogen-bond donors (Lipinski definition) is 0. The number of Topliss-reactive ketones (excluding diaryl/α,β-unsaturated/α-hetero) is 1. The van der Waals surface area contributed by atoms with Crippen molar-refractivity contribution in [2.45, 2.75) is 27.2 Å². The highest BCUT2D eigenvalue weighted by atomic mass is 16.2. The second-order valence-electron chi connectivity index (χ2n) is 5.72. The minimum atomic E-state index is 0.0884. The Morgan fingerprint density at radius 2 is 1.67 bits per heavy atom. The smallest absolute Gasteiger partial charge is 0.225 e. The van der Waals surface area contributed by atoms with Crippen LogP contribution in [0.4, 0.5) is 5.69 Å². The summed E-state index contributed by atoms with van der Waals surface area (Å²) in [6, 6.07) is 7.72. The minimum absolute atomic E-state index is 0.0884. The maximum atomic E-state index is 12.2. The van der Waals surface area contributed by atoms with Gasteiger partial charge in [0.1, 0.15) is 0 Å². The Morgan fingerprint density at radius 1 is 1.10 bits per heavy atom. The fourth-order valence-corrected chi connectivity index (χ4v) is 2.58. The topological polar surface area (TPSA) is 40.6 Å². The van der Waals surface area contributed by atoms with Crippen LogP contribution in [0.2, 0.25) is 0 Å². The van der Waals surface area contributed by atoms with Crippen LogP contribution < -0.4 is 4.90 Å². The van der Waals surface area contributed by atoms with Crippen molar-refractivity contribution in [3.8, 4) is 0 Å². The SMILES string of the molecule is CCC(C)C(=O)N1CCN(c2ccc(C(C)=O)cc2)CC1. The molecule has 1 amide bonds. The molecule has 0 aromatic heterocycles. The van der Waals surface area contributed by atoms with Crippen LogP contribution in [0.1, 0.15) is 37.6 Å². The van der Waals surface area contributed by atoms with Crippen LogP contribution in [-0.2, 0) is 4.79 Å². The molecule has 4 heteroatoms. The first-order chi connectivity index (χ1) is 10.0. The van der Waals surface area contributed by atoms with Crippen LogP contribution in [0.15, 0.2) is 24.3 Å². The van der Waals surface area contributed by atoms with Gasteiger partial charge in [0.15, 0.2) is 5.78 Å². The number of carbonyl (C=O) groups excluding carboxylic acids is 2. The molecule has 4 nitrogen and oxygen atoms in total. The van der Waals surface area contributed by atoms with Gasteiger partial charge in [0, 0.05) is 43.3 Å². The van der Waals surface area contributed by atoms with E-state index in [2.05, 4.69) is 11.8 Å². The lowest BCUT2D eigenvalue weighted by atomic mass is 10.1. The van der Waals surface area contributed by atoms with Crippen molar-refractivity contribution < 1.29 is 9.59 Å².